The lowest BCUT2D eigenvalue weighted by molar-refractivity contribution is -0.420. The number of carbonyl (C=O) groups excluding carboxylic acids is 4. The molecule has 6 aliphatic rings. The number of ketones is 2. The van der Waals surface area contributed by atoms with Crippen molar-refractivity contribution in [3.63, 3.8) is 0 Å². The monoisotopic (exact) mass is 1000 g/mol. The molecule has 2 amide bonds. The van der Waals surface area contributed by atoms with Gasteiger partial charge in [-0.15, -0.1) is 0 Å². The van der Waals surface area contributed by atoms with Crippen LogP contribution in [0.15, 0.2) is 76.7 Å². The molecule has 0 aromatic heterocycles. The predicted molar refractivity (Wildman–Crippen MR) is 254 cm³/mol. The molecule has 0 spiro atoms. The van der Waals surface area contributed by atoms with Crippen molar-refractivity contribution < 1.29 is 74.2 Å². The van der Waals surface area contributed by atoms with Crippen LogP contribution in [-0.2, 0) is 20.9 Å². The van der Waals surface area contributed by atoms with E-state index in [9.17, 15) is 50.4 Å². The van der Waals surface area contributed by atoms with Crippen LogP contribution in [0.1, 0.15) is 92.6 Å². The third kappa shape index (κ3) is 9.00. The molecule has 4 aliphatic heterocycles. The molecule has 2 aliphatic carbocycles. The van der Waals surface area contributed by atoms with Crippen molar-refractivity contribution in [2.75, 3.05) is 40.5 Å². The van der Waals surface area contributed by atoms with Gasteiger partial charge in [0.05, 0.1) is 42.9 Å². The standard InChI is InChI=1S/C49H60N8O15/c1-53-47(52)56-30-7-6-26(25(4-3-13-58)23-5-8-33(50)55-18-23)27-15-28-39(42(64)37(27)30)43(65)40-32(16-31(70-2)29(20-59)38(40)41(28)63)71-46-44(66)45(67)48(68,49(69,21-60)72-46)17-24(22-11-12-54-34(51)14-22)19-57-35(61)9-10-36(57)62/h5,8-11,14-16,18,24-26,30,33,44-46,54-55,58-60,64,66-69H,3-4,6-7,12-13,17,19-21,50-51H2,1-2H3,(H3,52,53,56)/t24-,25-,26-,30+,33?,44-,45-,46-,48+,49-/m1/s1. The van der Waals surface area contributed by atoms with Crippen LogP contribution in [0, 0.1) is 11.8 Å². The number of hydrogen-bond acceptors (Lipinski definition) is 20. The Morgan fingerprint density at radius 1 is 1.01 bits per heavy atom. The zero-order valence-electron chi connectivity index (χ0n) is 39.4. The highest BCUT2D eigenvalue weighted by Crippen LogP contribution is 2.53. The van der Waals surface area contributed by atoms with Gasteiger partial charge >= 0.3 is 0 Å². The molecular weight excluding hydrogens is 941 g/mol. The minimum atomic E-state index is -3.20. The van der Waals surface area contributed by atoms with Crippen molar-refractivity contribution >= 4 is 29.3 Å². The van der Waals surface area contributed by atoms with Crippen LogP contribution in [-0.4, -0.2) is 152 Å². The van der Waals surface area contributed by atoms with E-state index < -0.39 is 132 Å². The summed E-state index contributed by atoms with van der Waals surface area (Å²) in [7, 11) is 2.67. The van der Waals surface area contributed by atoms with Gasteiger partial charge in [0.25, 0.3) is 11.8 Å². The van der Waals surface area contributed by atoms with Gasteiger partial charge in [0.1, 0.15) is 41.7 Å². The van der Waals surface area contributed by atoms with Crippen LogP contribution in [0.3, 0.4) is 0 Å². The summed E-state index contributed by atoms with van der Waals surface area (Å²) in [5.41, 5.74) is 15.4. The Morgan fingerprint density at radius 3 is 2.38 bits per heavy atom. The van der Waals surface area contributed by atoms with E-state index in [4.69, 9.17) is 31.4 Å². The number of carbonyl (C=O) groups is 4. The zero-order chi connectivity index (χ0) is 52.0. The number of imide groups is 1. The Labute approximate surface area is 412 Å². The molecule has 0 bridgehead atoms. The van der Waals surface area contributed by atoms with Gasteiger partial charge in [-0.25, -0.2) is 0 Å². The number of benzene rings is 2. The topological polar surface area (TPSA) is 388 Å². The smallest absolute Gasteiger partial charge is 0.253 e. The summed E-state index contributed by atoms with van der Waals surface area (Å²) in [6.45, 7) is -2.64. The fraction of sp³-hybridized carbons (Fsp3) is 0.449. The molecule has 23 nitrogen and oxygen atoms in total. The predicted octanol–water partition coefficient (Wildman–Crippen LogP) is -2.03. The van der Waals surface area contributed by atoms with Crippen LogP contribution in [0.4, 0.5) is 0 Å². The molecule has 0 saturated carbocycles. The molecule has 2 aromatic carbocycles. The zero-order valence-corrected chi connectivity index (χ0v) is 39.4. The summed E-state index contributed by atoms with van der Waals surface area (Å²) < 4.78 is 17.4. The summed E-state index contributed by atoms with van der Waals surface area (Å²) in [6.07, 6.45) is 4.12. The maximum Gasteiger partial charge on any atom is 0.253 e. The number of rotatable bonds is 16. The molecule has 0 radical (unpaired) electrons. The van der Waals surface area contributed by atoms with Gasteiger partial charge < -0.3 is 88.2 Å². The number of dihydropyridines is 2. The first-order chi connectivity index (χ1) is 34.3. The van der Waals surface area contributed by atoms with Crippen molar-refractivity contribution in [2.24, 2.45) is 34.0 Å². The first-order valence-corrected chi connectivity index (χ1v) is 23.4. The van der Waals surface area contributed by atoms with E-state index in [1.165, 1.54) is 26.3 Å². The Kier molecular flexibility index (Phi) is 14.7. The number of hydrogen-bond donors (Lipinski definition) is 14. The number of fused-ring (bicyclic) bond motifs is 3. The second kappa shape index (κ2) is 20.4. The van der Waals surface area contributed by atoms with E-state index in [1.807, 2.05) is 6.08 Å². The van der Waals surface area contributed by atoms with E-state index in [2.05, 4.69) is 20.9 Å². The van der Waals surface area contributed by atoms with Gasteiger partial charge in [-0.3, -0.25) is 29.1 Å². The number of nitrogens with two attached hydrogens (primary N) is 3. The van der Waals surface area contributed by atoms with Crippen LogP contribution in [0.25, 0.3) is 0 Å². The number of aliphatic hydroxyl groups is 7. The molecule has 386 valence electrons. The molecule has 8 rings (SSSR count). The van der Waals surface area contributed by atoms with Crippen LogP contribution < -0.4 is 42.6 Å². The SMILES string of the molecule is CN=C(N)N[C@H]1CC[C@H]([C@H](CCCO)C2=CNC(N)C=C2)c2cc3c(c(O)c21)C(=O)c1c(O[C@@H]2O[C@](O)(CO)[C@](O)(C[C@H](CN4C(=O)C=CC4=O)C4=CCNC(N)=C4)[C@H](O)[C@H]2O)cc(OC)c(CO)c1C3=O. The van der Waals surface area contributed by atoms with E-state index in [1.54, 1.807) is 18.4 Å². The highest BCUT2D eigenvalue weighted by Gasteiger charge is 2.65. The van der Waals surface area contributed by atoms with Crippen molar-refractivity contribution in [2.45, 2.75) is 86.7 Å². The summed E-state index contributed by atoms with van der Waals surface area (Å²) in [5.74, 6) is -9.34. The first-order valence-electron chi connectivity index (χ1n) is 23.4. The number of aliphatic hydroxyl groups excluding tert-OH is 5. The molecular formula is C49H60N8O15. The minimum Gasteiger partial charge on any atom is -0.507 e. The second-order valence-corrected chi connectivity index (χ2v) is 18.5. The third-order valence-corrected chi connectivity index (χ3v) is 14.5. The Morgan fingerprint density at radius 2 is 1.75 bits per heavy atom. The molecule has 1 fully saturated rings. The van der Waals surface area contributed by atoms with Gasteiger partial charge in [-0.1, -0.05) is 12.2 Å². The van der Waals surface area contributed by atoms with Crippen LogP contribution in [0.2, 0.25) is 0 Å². The Bertz CT molecular complexity index is 2720. The molecule has 1 unspecified atom stereocenters. The number of aromatic hydroxyl groups is 1. The van der Waals surface area contributed by atoms with Gasteiger partial charge in [0.15, 0.2) is 11.7 Å². The quantitative estimate of drug-likeness (QED) is 0.0418. The van der Waals surface area contributed by atoms with Gasteiger partial charge in [-0.2, -0.15) is 0 Å². The van der Waals surface area contributed by atoms with Gasteiger partial charge in [0, 0.05) is 79.3 Å². The molecule has 72 heavy (non-hydrogen) atoms. The van der Waals surface area contributed by atoms with E-state index in [0.29, 0.717) is 36.8 Å². The maximum atomic E-state index is 15.2. The number of allylic oxidation sites excluding steroid dienone is 3. The number of amides is 2. The number of nitrogens with one attached hydrogen (secondary N) is 3. The minimum absolute atomic E-state index is 0.0232. The Balaban J connectivity index is 1.20. The average Bonchev–Trinajstić information content (AvgIpc) is 3.69. The molecule has 1 saturated heterocycles. The lowest BCUT2D eigenvalue weighted by atomic mass is 9.67. The number of guanidine groups is 1. The highest BCUT2D eigenvalue weighted by molar-refractivity contribution is 6.31. The fourth-order valence-electron chi connectivity index (χ4n) is 10.8. The van der Waals surface area contributed by atoms with Gasteiger partial charge in [-0.05, 0) is 78.9 Å². The van der Waals surface area contributed by atoms with Crippen molar-refractivity contribution in [3.8, 4) is 17.2 Å². The van der Waals surface area contributed by atoms with Crippen LogP contribution >= 0.6 is 0 Å². The molecule has 10 atom stereocenters. The lowest BCUT2D eigenvalue weighted by Crippen LogP contribution is -2.75. The largest absolute Gasteiger partial charge is 0.507 e. The number of phenolic OH excluding ortho intramolecular Hbond substituents is 1. The fourth-order valence-corrected chi connectivity index (χ4v) is 10.8. The van der Waals surface area contributed by atoms with Crippen molar-refractivity contribution in [1.82, 2.24) is 20.9 Å². The number of aliphatic imine (C=N–C) groups is 1. The first kappa shape index (κ1) is 51.7. The van der Waals surface area contributed by atoms with E-state index in [0.717, 1.165) is 28.7 Å². The number of ether oxygens (including phenoxy) is 3. The maximum absolute atomic E-state index is 15.2. The van der Waals surface area contributed by atoms with Crippen molar-refractivity contribution in [1.29, 1.82) is 0 Å². The molecule has 2 aromatic rings. The molecule has 4 heterocycles. The summed E-state index contributed by atoms with van der Waals surface area (Å²) in [4.78, 5) is 60.6. The van der Waals surface area contributed by atoms with Crippen LogP contribution in [0.5, 0.6) is 17.2 Å². The Hall–Kier alpha value is -6.67. The molecule has 23 heteroatoms. The number of nitrogens with zero attached hydrogens (tertiary/aromatic N) is 2. The molecule has 17 N–H and O–H groups in total. The highest BCUT2D eigenvalue weighted by atomic mass is 16.8. The van der Waals surface area contributed by atoms with Crippen molar-refractivity contribution in [3.05, 3.63) is 111 Å². The summed E-state index contributed by atoms with van der Waals surface area (Å²) in [6, 6.07) is 1.88. The normalized spacial score (nSPS) is 28.7. The van der Waals surface area contributed by atoms with E-state index in [-0.39, 0.29) is 53.3 Å². The van der Waals surface area contributed by atoms with Gasteiger partial charge in [0.2, 0.25) is 17.9 Å². The third-order valence-electron chi connectivity index (χ3n) is 14.5. The summed E-state index contributed by atoms with van der Waals surface area (Å²) in [5, 5.41) is 101. The number of methoxy groups -OCH3 is 1. The van der Waals surface area contributed by atoms with E-state index >= 15 is 9.59 Å². The summed E-state index contributed by atoms with van der Waals surface area (Å²) >= 11 is 0. The number of phenols is 1. The average molecular weight is 1000 g/mol. The lowest BCUT2D eigenvalue weighted by Gasteiger charge is -2.53. The second-order valence-electron chi connectivity index (χ2n) is 18.5.